The predicted molar refractivity (Wildman–Crippen MR) is 111 cm³/mol. The molecule has 0 amide bonds. The summed E-state index contributed by atoms with van der Waals surface area (Å²) in [6, 6.07) is 22.2. The summed E-state index contributed by atoms with van der Waals surface area (Å²) in [5.41, 5.74) is 0.663. The van der Waals surface area contributed by atoms with Gasteiger partial charge in [-0.15, -0.1) is 0 Å². The minimum atomic E-state index is -0.528. The number of carbonyl (C=O) groups excluding carboxylic acids is 2. The van der Waals surface area contributed by atoms with Gasteiger partial charge in [-0.1, -0.05) is 24.3 Å². The quantitative estimate of drug-likeness (QED) is 0.295. The van der Waals surface area contributed by atoms with Gasteiger partial charge in [-0.05, 0) is 61.5 Å². The van der Waals surface area contributed by atoms with E-state index in [9.17, 15) is 9.59 Å². The van der Waals surface area contributed by atoms with Gasteiger partial charge in [-0.3, -0.25) is 0 Å². The standard InChI is InChI=1S/C24H22O6/c1-2-27-21-13-11-18(12-14-21)24(26)30-22-10-6-7-19(17-22)23(25)29-16-15-28-20-8-4-3-5-9-20/h3-14,17H,2,15-16H2,1H3. The van der Waals surface area contributed by atoms with E-state index in [2.05, 4.69) is 0 Å². The molecule has 0 unspecified atom stereocenters. The lowest BCUT2D eigenvalue weighted by atomic mass is 10.2. The Hall–Kier alpha value is -3.80. The SMILES string of the molecule is CCOc1ccc(C(=O)Oc2cccc(C(=O)OCCOc3ccccc3)c2)cc1. The normalized spacial score (nSPS) is 10.2. The number of rotatable bonds is 9. The fourth-order valence-corrected chi connectivity index (χ4v) is 2.60. The molecule has 0 aliphatic carbocycles. The third-order valence-corrected chi connectivity index (χ3v) is 4.01. The highest BCUT2D eigenvalue weighted by atomic mass is 16.6. The largest absolute Gasteiger partial charge is 0.494 e. The first-order valence-electron chi connectivity index (χ1n) is 9.56. The molecule has 0 aliphatic rings. The van der Waals surface area contributed by atoms with Crippen molar-refractivity contribution >= 4 is 11.9 Å². The Morgan fingerprint density at radius 2 is 1.37 bits per heavy atom. The fraction of sp³-hybridized carbons (Fsp3) is 0.167. The van der Waals surface area contributed by atoms with E-state index in [4.69, 9.17) is 18.9 Å². The van der Waals surface area contributed by atoms with Crippen LogP contribution in [0.1, 0.15) is 27.6 Å². The van der Waals surface area contributed by atoms with Crippen LogP contribution in [0.3, 0.4) is 0 Å². The molecule has 0 saturated heterocycles. The fourth-order valence-electron chi connectivity index (χ4n) is 2.60. The number of esters is 2. The van der Waals surface area contributed by atoms with E-state index in [1.165, 1.54) is 6.07 Å². The van der Waals surface area contributed by atoms with E-state index in [0.29, 0.717) is 23.7 Å². The summed E-state index contributed by atoms with van der Waals surface area (Å²) < 4.78 is 21.4. The maximum Gasteiger partial charge on any atom is 0.343 e. The molecule has 0 saturated carbocycles. The summed E-state index contributed by atoms with van der Waals surface area (Å²) in [7, 11) is 0. The van der Waals surface area contributed by atoms with Crippen molar-refractivity contribution in [3.05, 3.63) is 90.0 Å². The number of ether oxygens (including phenoxy) is 4. The molecule has 0 spiro atoms. The Morgan fingerprint density at radius 3 is 2.10 bits per heavy atom. The molecule has 30 heavy (non-hydrogen) atoms. The molecule has 0 atom stereocenters. The van der Waals surface area contributed by atoms with Crippen molar-refractivity contribution in [2.24, 2.45) is 0 Å². The summed E-state index contributed by atoms with van der Waals surface area (Å²) in [4.78, 5) is 24.5. The van der Waals surface area contributed by atoms with Gasteiger partial charge in [0, 0.05) is 0 Å². The van der Waals surface area contributed by atoms with Crippen molar-refractivity contribution in [3.63, 3.8) is 0 Å². The van der Waals surface area contributed by atoms with Gasteiger partial charge in [0.25, 0.3) is 0 Å². The van der Waals surface area contributed by atoms with Crippen LogP contribution in [0.5, 0.6) is 17.2 Å². The minimum Gasteiger partial charge on any atom is -0.494 e. The Bertz CT molecular complexity index is 967. The molecule has 3 aromatic carbocycles. The Labute approximate surface area is 175 Å². The molecule has 6 nitrogen and oxygen atoms in total. The van der Waals surface area contributed by atoms with E-state index >= 15 is 0 Å². The summed E-state index contributed by atoms with van der Waals surface area (Å²) >= 11 is 0. The smallest absolute Gasteiger partial charge is 0.343 e. The van der Waals surface area contributed by atoms with Gasteiger partial charge in [-0.2, -0.15) is 0 Å². The molecule has 154 valence electrons. The summed E-state index contributed by atoms with van der Waals surface area (Å²) in [6.07, 6.45) is 0. The Morgan fingerprint density at radius 1 is 0.667 bits per heavy atom. The van der Waals surface area contributed by atoms with Crippen LogP contribution in [-0.4, -0.2) is 31.8 Å². The van der Waals surface area contributed by atoms with Crippen LogP contribution in [0.2, 0.25) is 0 Å². The molecule has 6 heteroatoms. The zero-order chi connectivity index (χ0) is 21.2. The Kier molecular flexibility index (Phi) is 7.44. The lowest BCUT2D eigenvalue weighted by molar-refractivity contribution is 0.0449. The van der Waals surface area contributed by atoms with Crippen molar-refractivity contribution in [2.75, 3.05) is 19.8 Å². The molecule has 0 heterocycles. The summed E-state index contributed by atoms with van der Waals surface area (Å²) in [5, 5.41) is 0. The Balaban J connectivity index is 1.51. The average molecular weight is 406 g/mol. The van der Waals surface area contributed by atoms with Gasteiger partial charge in [0.05, 0.1) is 17.7 Å². The number of hydrogen-bond acceptors (Lipinski definition) is 6. The van der Waals surface area contributed by atoms with Crippen LogP contribution in [-0.2, 0) is 4.74 Å². The molecule has 3 aromatic rings. The van der Waals surface area contributed by atoms with E-state index in [1.54, 1.807) is 42.5 Å². The molecule has 0 radical (unpaired) electrons. The van der Waals surface area contributed by atoms with Gasteiger partial charge in [0.2, 0.25) is 0 Å². The summed E-state index contributed by atoms with van der Waals surface area (Å²) in [5.74, 6) is 0.584. The van der Waals surface area contributed by atoms with Crippen molar-refractivity contribution < 1.29 is 28.5 Å². The minimum absolute atomic E-state index is 0.101. The van der Waals surface area contributed by atoms with Gasteiger partial charge in [0.1, 0.15) is 30.5 Å². The highest BCUT2D eigenvalue weighted by Crippen LogP contribution is 2.18. The van der Waals surface area contributed by atoms with Crippen molar-refractivity contribution in [1.29, 1.82) is 0 Å². The number of para-hydroxylation sites is 1. The van der Waals surface area contributed by atoms with E-state index in [-0.39, 0.29) is 24.5 Å². The van der Waals surface area contributed by atoms with Crippen molar-refractivity contribution in [1.82, 2.24) is 0 Å². The molecule has 0 aromatic heterocycles. The van der Waals surface area contributed by atoms with Gasteiger partial charge < -0.3 is 18.9 Å². The van der Waals surface area contributed by atoms with Crippen LogP contribution in [0.15, 0.2) is 78.9 Å². The highest BCUT2D eigenvalue weighted by molar-refractivity contribution is 5.92. The molecule has 0 N–H and O–H groups in total. The van der Waals surface area contributed by atoms with E-state index in [1.807, 2.05) is 37.3 Å². The zero-order valence-corrected chi connectivity index (χ0v) is 16.6. The second kappa shape index (κ2) is 10.7. The van der Waals surface area contributed by atoms with Crippen molar-refractivity contribution in [2.45, 2.75) is 6.92 Å². The van der Waals surface area contributed by atoms with E-state index in [0.717, 1.165) is 0 Å². The number of carbonyl (C=O) groups is 2. The predicted octanol–water partition coefficient (Wildman–Crippen LogP) is 4.54. The topological polar surface area (TPSA) is 71.1 Å². The van der Waals surface area contributed by atoms with Gasteiger partial charge >= 0.3 is 11.9 Å². The molecule has 0 bridgehead atoms. The second-order valence-electron chi connectivity index (χ2n) is 6.17. The van der Waals surface area contributed by atoms with Crippen LogP contribution in [0, 0.1) is 0 Å². The second-order valence-corrected chi connectivity index (χ2v) is 6.17. The van der Waals surface area contributed by atoms with Crippen LogP contribution < -0.4 is 14.2 Å². The van der Waals surface area contributed by atoms with Gasteiger partial charge in [-0.25, -0.2) is 9.59 Å². The lowest BCUT2D eigenvalue weighted by Gasteiger charge is -2.09. The highest BCUT2D eigenvalue weighted by Gasteiger charge is 2.12. The molecular weight excluding hydrogens is 384 g/mol. The van der Waals surface area contributed by atoms with Gasteiger partial charge in [0.15, 0.2) is 0 Å². The van der Waals surface area contributed by atoms with Crippen LogP contribution in [0.25, 0.3) is 0 Å². The molecule has 0 aliphatic heterocycles. The first-order chi connectivity index (χ1) is 14.7. The maximum atomic E-state index is 12.3. The van der Waals surface area contributed by atoms with Crippen LogP contribution >= 0.6 is 0 Å². The third kappa shape index (κ3) is 6.10. The molecule has 0 fully saturated rings. The van der Waals surface area contributed by atoms with Crippen LogP contribution in [0.4, 0.5) is 0 Å². The van der Waals surface area contributed by atoms with Crippen molar-refractivity contribution in [3.8, 4) is 17.2 Å². The zero-order valence-electron chi connectivity index (χ0n) is 16.6. The molecular formula is C24H22O6. The number of hydrogen-bond donors (Lipinski definition) is 0. The monoisotopic (exact) mass is 406 g/mol. The first-order valence-corrected chi connectivity index (χ1v) is 9.56. The summed E-state index contributed by atoms with van der Waals surface area (Å²) in [6.45, 7) is 2.77. The average Bonchev–Trinajstić information content (AvgIpc) is 2.78. The van der Waals surface area contributed by atoms with E-state index < -0.39 is 11.9 Å². The number of benzene rings is 3. The third-order valence-electron chi connectivity index (χ3n) is 4.01. The molecule has 3 rings (SSSR count). The first kappa shape index (κ1) is 20.9. The lowest BCUT2D eigenvalue weighted by Crippen LogP contribution is -2.13. The maximum absolute atomic E-state index is 12.3.